The van der Waals surface area contributed by atoms with Crippen LogP contribution in [0.5, 0.6) is 0 Å². The van der Waals surface area contributed by atoms with Crippen molar-refractivity contribution in [2.24, 2.45) is 10.9 Å². The summed E-state index contributed by atoms with van der Waals surface area (Å²) >= 11 is 0. The second kappa shape index (κ2) is 6.02. The number of aliphatic carboxylic acids is 1. The van der Waals surface area contributed by atoms with Gasteiger partial charge in [-0.15, -0.1) is 0 Å². The predicted octanol–water partition coefficient (Wildman–Crippen LogP) is 0.859. The maximum atomic E-state index is 10.6. The summed E-state index contributed by atoms with van der Waals surface area (Å²) in [5.74, 6) is -0.814. The van der Waals surface area contributed by atoms with Crippen LogP contribution in [0, 0.1) is 0 Å². The van der Waals surface area contributed by atoms with E-state index in [1.807, 2.05) is 19.1 Å². The van der Waals surface area contributed by atoms with Crippen LogP contribution in [0.15, 0.2) is 29.4 Å². The van der Waals surface area contributed by atoms with Crippen molar-refractivity contribution in [1.29, 1.82) is 0 Å². The lowest BCUT2D eigenvalue weighted by molar-refractivity contribution is -0.138. The second-order valence-corrected chi connectivity index (χ2v) is 4.09. The first kappa shape index (κ1) is 14.0. The number of carboxylic acid groups (broad SMARTS) is 1. The first-order valence-corrected chi connectivity index (χ1v) is 5.45. The van der Waals surface area contributed by atoms with Crippen molar-refractivity contribution in [3.05, 3.63) is 35.4 Å². The number of benzene rings is 1. The van der Waals surface area contributed by atoms with Crippen LogP contribution < -0.4 is 5.73 Å². The Morgan fingerprint density at radius 1 is 1.44 bits per heavy atom. The molecule has 6 nitrogen and oxygen atoms in total. The Hall–Kier alpha value is -2.08. The molecule has 1 aromatic carbocycles. The van der Waals surface area contributed by atoms with Crippen molar-refractivity contribution in [2.45, 2.75) is 13.0 Å². The third-order valence-corrected chi connectivity index (χ3v) is 2.84. The predicted molar refractivity (Wildman–Crippen MR) is 67.6 cm³/mol. The van der Waals surface area contributed by atoms with Gasteiger partial charge >= 0.3 is 5.97 Å². The summed E-state index contributed by atoms with van der Waals surface area (Å²) < 4.78 is 0. The fraction of sp³-hybridized carbons (Fsp3) is 0.333. The Kier molecular flexibility index (Phi) is 4.67. The number of hydrogen-bond acceptors (Lipinski definition) is 4. The maximum absolute atomic E-state index is 10.6. The highest BCUT2D eigenvalue weighted by Gasteiger charge is 2.14. The SMILES string of the molecule is C[C@@H](c1ccc(C(N)=NO)cc1)N(C)CC(=O)O. The number of rotatable bonds is 5. The van der Waals surface area contributed by atoms with Gasteiger partial charge in [0, 0.05) is 11.6 Å². The fourth-order valence-corrected chi connectivity index (χ4v) is 1.59. The summed E-state index contributed by atoms with van der Waals surface area (Å²) in [5, 5.41) is 20.2. The molecule has 0 amide bonds. The van der Waals surface area contributed by atoms with Gasteiger partial charge in [0.1, 0.15) is 0 Å². The molecule has 1 aromatic rings. The van der Waals surface area contributed by atoms with Crippen LogP contribution in [0.3, 0.4) is 0 Å². The van der Waals surface area contributed by atoms with E-state index in [1.54, 1.807) is 24.1 Å². The van der Waals surface area contributed by atoms with Crippen LogP contribution in [0.2, 0.25) is 0 Å². The second-order valence-electron chi connectivity index (χ2n) is 4.09. The quantitative estimate of drug-likeness (QED) is 0.312. The van der Waals surface area contributed by atoms with Crippen molar-refractivity contribution < 1.29 is 15.1 Å². The van der Waals surface area contributed by atoms with Gasteiger partial charge in [0.15, 0.2) is 5.84 Å². The van der Waals surface area contributed by atoms with Crippen LogP contribution in [0.1, 0.15) is 24.1 Å². The lowest BCUT2D eigenvalue weighted by Crippen LogP contribution is -2.28. The van der Waals surface area contributed by atoms with Crippen molar-refractivity contribution in [1.82, 2.24) is 4.90 Å². The summed E-state index contributed by atoms with van der Waals surface area (Å²) in [5.41, 5.74) is 7.04. The van der Waals surface area contributed by atoms with Crippen LogP contribution in [-0.2, 0) is 4.79 Å². The number of carboxylic acids is 1. The third-order valence-electron chi connectivity index (χ3n) is 2.84. The molecule has 0 unspecified atom stereocenters. The first-order valence-electron chi connectivity index (χ1n) is 5.45. The summed E-state index contributed by atoms with van der Waals surface area (Å²) in [6.07, 6.45) is 0. The number of nitrogens with two attached hydrogens (primary N) is 1. The molecule has 0 saturated carbocycles. The lowest BCUT2D eigenvalue weighted by Gasteiger charge is -2.23. The Bertz CT molecular complexity index is 442. The van der Waals surface area contributed by atoms with E-state index in [1.165, 1.54) is 0 Å². The van der Waals surface area contributed by atoms with Crippen LogP contribution in [0.25, 0.3) is 0 Å². The monoisotopic (exact) mass is 251 g/mol. The molecule has 0 heterocycles. The number of amidine groups is 1. The van der Waals surface area contributed by atoms with Gasteiger partial charge in [0.05, 0.1) is 6.54 Å². The number of hydrogen-bond donors (Lipinski definition) is 3. The number of carbonyl (C=O) groups is 1. The van der Waals surface area contributed by atoms with Crippen molar-refractivity contribution in [3.8, 4) is 0 Å². The van der Waals surface area contributed by atoms with Gasteiger partial charge in [-0.1, -0.05) is 29.4 Å². The molecule has 1 rings (SSSR count). The molecule has 4 N–H and O–H groups in total. The number of oxime groups is 1. The summed E-state index contributed by atoms with van der Waals surface area (Å²) in [6.45, 7) is 1.89. The summed E-state index contributed by atoms with van der Waals surface area (Å²) in [6, 6.07) is 7.10. The highest BCUT2D eigenvalue weighted by molar-refractivity contribution is 5.96. The fourth-order valence-electron chi connectivity index (χ4n) is 1.59. The first-order chi connectivity index (χ1) is 8.45. The highest BCUT2D eigenvalue weighted by atomic mass is 16.4. The minimum atomic E-state index is -0.863. The molecule has 0 radical (unpaired) electrons. The summed E-state index contributed by atoms with van der Waals surface area (Å²) in [4.78, 5) is 12.3. The molecular formula is C12H17N3O3. The van der Waals surface area contributed by atoms with Crippen LogP contribution in [-0.4, -0.2) is 40.6 Å². The van der Waals surface area contributed by atoms with Gasteiger partial charge in [0.25, 0.3) is 0 Å². The van der Waals surface area contributed by atoms with Crippen LogP contribution >= 0.6 is 0 Å². The Balaban J connectivity index is 2.81. The molecule has 0 aliphatic carbocycles. The van der Waals surface area contributed by atoms with Gasteiger partial charge < -0.3 is 16.0 Å². The van der Waals surface area contributed by atoms with Gasteiger partial charge in [0.2, 0.25) is 0 Å². The van der Waals surface area contributed by atoms with Gasteiger partial charge in [-0.3, -0.25) is 9.69 Å². The molecule has 0 aliphatic rings. The van der Waals surface area contributed by atoms with Crippen LogP contribution in [0.4, 0.5) is 0 Å². The standard InChI is InChI=1S/C12H17N3O3/c1-8(15(2)7-11(16)17)9-3-5-10(6-4-9)12(13)14-18/h3-6,8,18H,7H2,1-2H3,(H2,13,14)(H,16,17)/t8-/m0/s1. The zero-order valence-corrected chi connectivity index (χ0v) is 10.4. The molecule has 0 fully saturated rings. The normalized spacial score (nSPS) is 13.6. The zero-order valence-electron chi connectivity index (χ0n) is 10.4. The third kappa shape index (κ3) is 3.46. The van der Waals surface area contributed by atoms with E-state index in [4.69, 9.17) is 16.0 Å². The molecule has 0 saturated heterocycles. The smallest absolute Gasteiger partial charge is 0.317 e. The van der Waals surface area contributed by atoms with E-state index in [-0.39, 0.29) is 18.4 Å². The molecule has 18 heavy (non-hydrogen) atoms. The molecule has 0 aliphatic heterocycles. The van der Waals surface area contributed by atoms with Gasteiger partial charge in [-0.2, -0.15) is 0 Å². The molecule has 98 valence electrons. The Morgan fingerprint density at radius 2 is 2.00 bits per heavy atom. The molecular weight excluding hydrogens is 234 g/mol. The lowest BCUT2D eigenvalue weighted by atomic mass is 10.0. The van der Waals surface area contributed by atoms with E-state index in [0.717, 1.165) is 5.56 Å². The van der Waals surface area contributed by atoms with Crippen molar-refractivity contribution >= 4 is 11.8 Å². The van der Waals surface area contributed by atoms with Crippen molar-refractivity contribution in [2.75, 3.05) is 13.6 Å². The van der Waals surface area contributed by atoms with E-state index in [2.05, 4.69) is 5.16 Å². The average molecular weight is 251 g/mol. The highest BCUT2D eigenvalue weighted by Crippen LogP contribution is 2.18. The topological polar surface area (TPSA) is 99.2 Å². The van der Waals surface area contributed by atoms with Crippen molar-refractivity contribution in [3.63, 3.8) is 0 Å². The maximum Gasteiger partial charge on any atom is 0.317 e. The van der Waals surface area contributed by atoms with Gasteiger partial charge in [-0.05, 0) is 19.5 Å². The largest absolute Gasteiger partial charge is 0.480 e. The summed E-state index contributed by atoms with van der Waals surface area (Å²) in [7, 11) is 1.75. The average Bonchev–Trinajstić information content (AvgIpc) is 2.36. The molecule has 6 heteroatoms. The number of likely N-dealkylation sites (N-methyl/N-ethyl adjacent to an activating group) is 1. The minimum Gasteiger partial charge on any atom is -0.480 e. The molecule has 0 aromatic heterocycles. The van der Waals surface area contributed by atoms with E-state index in [0.29, 0.717) is 5.56 Å². The molecule has 1 atom stereocenters. The zero-order chi connectivity index (χ0) is 13.7. The van der Waals surface area contributed by atoms with E-state index >= 15 is 0 Å². The Morgan fingerprint density at radius 3 is 2.44 bits per heavy atom. The Labute approximate surface area is 105 Å². The van der Waals surface area contributed by atoms with E-state index < -0.39 is 5.97 Å². The molecule has 0 bridgehead atoms. The molecule has 0 spiro atoms. The number of nitrogens with zero attached hydrogens (tertiary/aromatic N) is 2. The minimum absolute atomic E-state index is 0.0246. The van der Waals surface area contributed by atoms with Gasteiger partial charge in [-0.25, -0.2) is 0 Å². The van der Waals surface area contributed by atoms with E-state index in [9.17, 15) is 4.79 Å².